The van der Waals surface area contributed by atoms with Crippen molar-refractivity contribution in [2.45, 2.75) is 24.5 Å². The molecule has 1 spiro atoms. The molecule has 0 saturated heterocycles. The number of nitrogens with one attached hydrogen (secondary N) is 2. The largest absolute Gasteiger partial charge is 0.687 e. The van der Waals surface area contributed by atoms with Gasteiger partial charge in [-0.2, -0.15) is 6.20 Å². The standard InChI is InChI=1S/C55H43N6O/c1-35(14-12-30-56)51-41(28-29-48(58-51)40-19-13-31-57-34-40)38-24-26-42-43-27-25-39(54-60-52(36-15-4-2-5-16-36)59-53(61-54)37-17-6-3-7-18-37)33-47(43)55(46(42)32-38)44-20-8-10-22-49(44)62-50-23-11-9-21-45(50)55/h2-30,32-34,51-52,58H,31,56H2,1H3,(H,59,60,61)/q-1/b30-12-,35-14+. The van der Waals surface area contributed by atoms with Gasteiger partial charge in [0.25, 0.3) is 0 Å². The first-order valence-electron chi connectivity index (χ1n) is 21.1. The summed E-state index contributed by atoms with van der Waals surface area (Å²) in [6.45, 7) is 2.85. The lowest BCUT2D eigenvalue weighted by Gasteiger charge is -2.39. The van der Waals surface area contributed by atoms with Crippen molar-refractivity contribution in [2.24, 2.45) is 15.7 Å². The van der Waals surface area contributed by atoms with E-state index in [1.165, 1.54) is 22.3 Å². The van der Waals surface area contributed by atoms with Gasteiger partial charge >= 0.3 is 0 Å². The SMILES string of the molecule is C/C(=C\C=C/N)C1NC(C2=C[N-]CC=C2)=CC=C1c1ccc2c(c1)C1(c3ccccc3Oc3ccccc31)c1cc(C3=NC(c4ccccc4)N=C(c4ccccc4)N3)ccc1-2. The Kier molecular flexibility index (Phi) is 9.15. The molecular weight excluding hydrogens is 761 g/mol. The van der Waals surface area contributed by atoms with Crippen molar-refractivity contribution in [2.75, 3.05) is 6.54 Å². The monoisotopic (exact) mass is 803 g/mol. The molecule has 0 saturated carbocycles. The van der Waals surface area contributed by atoms with Gasteiger partial charge in [0.05, 0.1) is 11.5 Å². The molecule has 0 aromatic heterocycles. The van der Waals surface area contributed by atoms with Crippen LogP contribution in [-0.4, -0.2) is 24.3 Å². The number of hydrogen-bond acceptors (Lipinski definition) is 6. The number of ether oxygens (including phenoxy) is 1. The fraction of sp³-hybridized carbons (Fsp3) is 0.0909. The third-order valence-electron chi connectivity index (χ3n) is 12.4. The van der Waals surface area contributed by atoms with Gasteiger partial charge in [-0.1, -0.05) is 140 Å². The molecule has 7 heteroatoms. The number of rotatable bonds is 7. The predicted octanol–water partition coefficient (Wildman–Crippen LogP) is 11.1. The first-order chi connectivity index (χ1) is 30.6. The number of amidine groups is 2. The molecule has 0 radical (unpaired) electrons. The highest BCUT2D eigenvalue weighted by Crippen LogP contribution is 2.62. The van der Waals surface area contributed by atoms with Crippen LogP contribution in [0.2, 0.25) is 0 Å². The molecule has 2 atom stereocenters. The zero-order valence-electron chi connectivity index (χ0n) is 34.2. The summed E-state index contributed by atoms with van der Waals surface area (Å²) >= 11 is 0. The summed E-state index contributed by atoms with van der Waals surface area (Å²) in [7, 11) is 0. The maximum atomic E-state index is 6.75. The van der Waals surface area contributed by atoms with E-state index in [0.29, 0.717) is 6.54 Å². The molecule has 5 aliphatic rings. The number of nitrogens with zero attached hydrogens (tertiary/aromatic N) is 3. The number of fused-ring (bicyclic) bond motifs is 9. The van der Waals surface area contributed by atoms with E-state index in [-0.39, 0.29) is 6.04 Å². The molecule has 7 nitrogen and oxygen atoms in total. The Morgan fingerprint density at radius 3 is 2.02 bits per heavy atom. The minimum Gasteiger partial charge on any atom is -0.687 e. The van der Waals surface area contributed by atoms with E-state index in [0.717, 1.165) is 79.0 Å². The maximum absolute atomic E-state index is 6.75. The number of allylic oxidation sites excluding steroid dienone is 5. The minimum atomic E-state index is -0.710. The van der Waals surface area contributed by atoms with Crippen LogP contribution in [-0.2, 0) is 5.41 Å². The van der Waals surface area contributed by atoms with Crippen LogP contribution in [0.15, 0.2) is 221 Å². The van der Waals surface area contributed by atoms with Crippen molar-refractivity contribution in [3.63, 3.8) is 0 Å². The molecule has 11 rings (SSSR count). The van der Waals surface area contributed by atoms with Crippen molar-refractivity contribution in [3.05, 3.63) is 261 Å². The molecule has 2 unspecified atom stereocenters. The summed E-state index contributed by atoms with van der Waals surface area (Å²) in [5, 5.41) is 12.0. The number of aliphatic imine (C=N–C) groups is 2. The lowest BCUT2D eigenvalue weighted by atomic mass is 9.65. The molecular formula is C55H43N6O-. The van der Waals surface area contributed by atoms with Crippen molar-refractivity contribution < 1.29 is 4.74 Å². The Labute approximate surface area is 361 Å². The van der Waals surface area contributed by atoms with Crippen LogP contribution in [0.25, 0.3) is 22.0 Å². The van der Waals surface area contributed by atoms with Gasteiger partial charge in [-0.05, 0) is 99.6 Å². The molecule has 4 aliphatic heterocycles. The van der Waals surface area contributed by atoms with Crippen LogP contribution in [0.4, 0.5) is 0 Å². The second-order valence-electron chi connectivity index (χ2n) is 16.0. The van der Waals surface area contributed by atoms with Crippen LogP contribution in [0.5, 0.6) is 11.5 Å². The first-order valence-corrected chi connectivity index (χ1v) is 21.1. The number of dihydropyridines is 1. The highest BCUT2D eigenvalue weighted by atomic mass is 16.5. The Balaban J connectivity index is 1.11. The molecule has 0 amide bonds. The zero-order chi connectivity index (χ0) is 41.6. The van der Waals surface area contributed by atoms with Crippen molar-refractivity contribution in [1.82, 2.24) is 10.6 Å². The summed E-state index contributed by atoms with van der Waals surface area (Å²) in [6, 6.07) is 51.3. The molecule has 0 fully saturated rings. The molecule has 1 aliphatic carbocycles. The average Bonchev–Trinajstić information content (AvgIpc) is 3.63. The molecule has 300 valence electrons. The van der Waals surface area contributed by atoms with Crippen molar-refractivity contribution >= 4 is 17.2 Å². The van der Waals surface area contributed by atoms with Gasteiger partial charge in [0, 0.05) is 28.0 Å². The van der Waals surface area contributed by atoms with Gasteiger partial charge in [-0.15, -0.1) is 12.6 Å². The number of benzene rings is 6. The Hall–Kier alpha value is -7.90. The van der Waals surface area contributed by atoms with E-state index >= 15 is 0 Å². The van der Waals surface area contributed by atoms with E-state index in [9.17, 15) is 0 Å². The van der Waals surface area contributed by atoms with Gasteiger partial charge in [-0.25, -0.2) is 9.98 Å². The van der Waals surface area contributed by atoms with E-state index < -0.39 is 11.6 Å². The summed E-state index contributed by atoms with van der Waals surface area (Å²) in [5.41, 5.74) is 20.6. The second-order valence-corrected chi connectivity index (χ2v) is 16.0. The van der Waals surface area contributed by atoms with E-state index in [4.69, 9.17) is 20.5 Å². The zero-order valence-corrected chi connectivity index (χ0v) is 34.2. The van der Waals surface area contributed by atoms with Crippen LogP contribution in [0.1, 0.15) is 57.6 Å². The molecule has 4 heterocycles. The minimum absolute atomic E-state index is 0.116. The van der Waals surface area contributed by atoms with E-state index in [2.05, 4.69) is 162 Å². The molecule has 62 heavy (non-hydrogen) atoms. The first kappa shape index (κ1) is 37.1. The van der Waals surface area contributed by atoms with Gasteiger partial charge < -0.3 is 26.4 Å². The van der Waals surface area contributed by atoms with Crippen LogP contribution in [0, 0.1) is 0 Å². The quantitative estimate of drug-likeness (QED) is 0.140. The number of hydrogen-bond donors (Lipinski definition) is 3. The van der Waals surface area contributed by atoms with Gasteiger partial charge in [0.2, 0.25) is 0 Å². The smallest absolute Gasteiger partial charge is 0.169 e. The third-order valence-corrected chi connectivity index (χ3v) is 12.4. The number of para-hydroxylation sites is 2. The summed E-state index contributed by atoms with van der Waals surface area (Å²) < 4.78 is 6.75. The highest BCUT2D eigenvalue weighted by molar-refractivity contribution is 6.16. The van der Waals surface area contributed by atoms with Gasteiger partial charge in [-0.3, -0.25) is 0 Å². The van der Waals surface area contributed by atoms with Crippen LogP contribution < -0.4 is 21.1 Å². The molecule has 0 bridgehead atoms. The van der Waals surface area contributed by atoms with Crippen molar-refractivity contribution in [1.29, 1.82) is 0 Å². The third kappa shape index (κ3) is 6.12. The summed E-state index contributed by atoms with van der Waals surface area (Å²) in [4.78, 5) is 10.4. The lowest BCUT2D eigenvalue weighted by molar-refractivity contribution is 0.436. The summed E-state index contributed by atoms with van der Waals surface area (Å²) in [6.07, 6.45) is 15.7. The Morgan fingerprint density at radius 1 is 0.710 bits per heavy atom. The van der Waals surface area contributed by atoms with Gasteiger partial charge in [0.1, 0.15) is 23.2 Å². The maximum Gasteiger partial charge on any atom is 0.169 e. The van der Waals surface area contributed by atoms with E-state index in [1.807, 2.05) is 48.7 Å². The fourth-order valence-corrected chi connectivity index (χ4v) is 9.59. The normalized spacial score (nSPS) is 19.2. The van der Waals surface area contributed by atoms with Gasteiger partial charge in [0.15, 0.2) is 6.17 Å². The summed E-state index contributed by atoms with van der Waals surface area (Å²) in [5.74, 6) is 3.23. The van der Waals surface area contributed by atoms with Crippen molar-refractivity contribution in [3.8, 4) is 22.6 Å². The van der Waals surface area contributed by atoms with E-state index in [1.54, 1.807) is 6.20 Å². The van der Waals surface area contributed by atoms with Crippen LogP contribution in [0.3, 0.4) is 0 Å². The Bertz CT molecular complexity index is 2980. The number of nitrogens with two attached hydrogens (primary N) is 1. The van der Waals surface area contributed by atoms with Crippen LogP contribution >= 0.6 is 0 Å². The highest BCUT2D eigenvalue weighted by Gasteiger charge is 2.51. The average molecular weight is 804 g/mol. The predicted molar refractivity (Wildman–Crippen MR) is 251 cm³/mol. The lowest BCUT2D eigenvalue weighted by Crippen LogP contribution is -2.36. The molecule has 6 aromatic carbocycles. The fourth-order valence-electron chi connectivity index (χ4n) is 9.59. The molecule has 4 N–H and O–H groups in total. The molecule has 6 aromatic rings. The topological polar surface area (TPSA) is 98.1 Å². The second kappa shape index (κ2) is 15.3. The Morgan fingerprint density at radius 2 is 1.34 bits per heavy atom.